The van der Waals surface area contributed by atoms with Crippen LogP contribution in [0.15, 0.2) is 64.0 Å². The highest BCUT2D eigenvalue weighted by molar-refractivity contribution is 5.98. The van der Waals surface area contributed by atoms with E-state index in [1.165, 1.54) is 4.90 Å². The number of likely N-dealkylation sites (tertiary alicyclic amines) is 1. The second-order valence-corrected chi connectivity index (χ2v) is 8.95. The fraction of sp³-hybridized carbons (Fsp3) is 0.333. The van der Waals surface area contributed by atoms with Crippen molar-refractivity contribution in [3.8, 4) is 6.19 Å². The zero-order valence-corrected chi connectivity index (χ0v) is 20.6. The van der Waals surface area contributed by atoms with E-state index < -0.39 is 12.1 Å². The highest BCUT2D eigenvalue weighted by Gasteiger charge is 2.28. The Bertz CT molecular complexity index is 1310. The van der Waals surface area contributed by atoms with Crippen LogP contribution in [0, 0.1) is 18.4 Å². The first-order valence-corrected chi connectivity index (χ1v) is 12.2. The lowest BCUT2D eigenvalue weighted by atomic mass is 10.1. The summed E-state index contributed by atoms with van der Waals surface area (Å²) >= 11 is 0. The van der Waals surface area contributed by atoms with Crippen molar-refractivity contribution in [2.45, 2.75) is 38.3 Å². The summed E-state index contributed by atoms with van der Waals surface area (Å²) in [5.41, 5.74) is 2.14. The van der Waals surface area contributed by atoms with Gasteiger partial charge in [0.25, 0.3) is 0 Å². The normalized spacial score (nSPS) is 17.1. The number of hydrogen-bond donors (Lipinski definition) is 4. The number of carbonyl (C=O) groups is 2. The molecule has 1 aliphatic heterocycles. The van der Waals surface area contributed by atoms with E-state index in [9.17, 15) is 20.0 Å². The largest absolute Gasteiger partial charge is 0.461 e. The van der Waals surface area contributed by atoms with Crippen LogP contribution >= 0.6 is 0 Å². The van der Waals surface area contributed by atoms with Gasteiger partial charge >= 0.3 is 0 Å². The van der Waals surface area contributed by atoms with Crippen LogP contribution in [0.3, 0.4) is 0 Å². The quantitative estimate of drug-likeness (QED) is 0.168. The third-order valence-electron chi connectivity index (χ3n) is 6.13. The molecule has 1 fully saturated rings. The number of benzene rings is 2. The molecule has 0 spiro atoms. The molecule has 192 valence electrons. The van der Waals surface area contributed by atoms with Crippen LogP contribution in [0.1, 0.15) is 36.7 Å². The number of furan rings is 1. The number of hydrogen-bond acceptors (Lipinski definition) is 6. The van der Waals surface area contributed by atoms with Gasteiger partial charge in [0.1, 0.15) is 17.4 Å². The van der Waals surface area contributed by atoms with E-state index in [4.69, 9.17) is 4.42 Å². The molecule has 2 atom stereocenters. The summed E-state index contributed by atoms with van der Waals surface area (Å²) in [4.78, 5) is 31.8. The monoisotopic (exact) mass is 502 g/mol. The SMILES string of the molecule is Cc1cc2cc(NC(=N[C@H]3CCCCN(CC(=O)NCC(O)c4ccccc4)C3=O)NC#N)ccc2o1. The van der Waals surface area contributed by atoms with E-state index in [1.54, 1.807) is 18.2 Å². The predicted molar refractivity (Wildman–Crippen MR) is 139 cm³/mol. The zero-order chi connectivity index (χ0) is 26.2. The van der Waals surface area contributed by atoms with E-state index in [-0.39, 0.29) is 30.9 Å². The molecule has 1 unspecified atom stereocenters. The van der Waals surface area contributed by atoms with Gasteiger partial charge in [0, 0.05) is 24.2 Å². The fourth-order valence-corrected chi connectivity index (χ4v) is 4.29. The number of aliphatic hydroxyl groups is 1. The molecule has 2 amide bonds. The first-order chi connectivity index (χ1) is 17.9. The summed E-state index contributed by atoms with van der Waals surface area (Å²) in [5.74, 6) is 0.304. The third-order valence-corrected chi connectivity index (χ3v) is 6.13. The lowest BCUT2D eigenvalue weighted by Crippen LogP contribution is -2.45. The third kappa shape index (κ3) is 6.86. The van der Waals surface area contributed by atoms with Gasteiger partial charge < -0.3 is 25.1 Å². The topological polar surface area (TPSA) is 143 Å². The molecule has 1 aromatic heterocycles. The van der Waals surface area contributed by atoms with Crippen LogP contribution in [0.4, 0.5) is 5.69 Å². The average molecular weight is 503 g/mol. The Labute approximate surface area is 215 Å². The van der Waals surface area contributed by atoms with Gasteiger partial charge in [-0.05, 0) is 56.0 Å². The molecular weight excluding hydrogens is 472 g/mol. The van der Waals surface area contributed by atoms with Crippen LogP contribution in [-0.4, -0.2) is 53.5 Å². The van der Waals surface area contributed by atoms with Crippen molar-refractivity contribution >= 4 is 34.4 Å². The van der Waals surface area contributed by atoms with Gasteiger partial charge in [-0.3, -0.25) is 14.9 Å². The van der Waals surface area contributed by atoms with Crippen LogP contribution in [0.5, 0.6) is 0 Å². The standard InChI is InChI=1S/C27H30N6O4/c1-18-13-20-14-21(10-11-24(20)37-18)31-27(30-17-28)32-22-9-5-6-12-33(26(22)36)16-25(35)29-15-23(34)19-7-3-2-4-8-19/h2-4,7-8,10-11,13-14,22-23,34H,5-6,9,12,15-16H2,1H3,(H,29,35)(H2,30,31,32)/t22-,23?/m0/s1. The van der Waals surface area contributed by atoms with Crippen molar-refractivity contribution in [3.05, 3.63) is 65.9 Å². The minimum atomic E-state index is -0.835. The summed E-state index contributed by atoms with van der Waals surface area (Å²) in [7, 11) is 0. The van der Waals surface area contributed by atoms with E-state index in [1.807, 2.05) is 49.5 Å². The molecule has 0 bridgehead atoms. The second kappa shape index (κ2) is 12.1. The molecule has 2 heterocycles. The van der Waals surface area contributed by atoms with Crippen molar-refractivity contribution < 1.29 is 19.1 Å². The van der Waals surface area contributed by atoms with Gasteiger partial charge in [-0.25, -0.2) is 4.99 Å². The summed E-state index contributed by atoms with van der Waals surface area (Å²) in [6.45, 7) is 2.22. The van der Waals surface area contributed by atoms with Gasteiger partial charge in [-0.15, -0.1) is 0 Å². The predicted octanol–water partition coefficient (Wildman–Crippen LogP) is 2.81. The number of nitriles is 1. The number of amides is 2. The molecule has 0 aliphatic carbocycles. The Hall–Kier alpha value is -4.36. The van der Waals surface area contributed by atoms with Crippen molar-refractivity contribution in [1.29, 1.82) is 5.26 Å². The number of anilines is 1. The molecule has 10 heteroatoms. The molecule has 3 aromatic rings. The minimum Gasteiger partial charge on any atom is -0.461 e. The summed E-state index contributed by atoms with van der Waals surface area (Å²) in [6.07, 6.45) is 3.02. The van der Waals surface area contributed by atoms with Crippen molar-refractivity contribution in [2.24, 2.45) is 4.99 Å². The summed E-state index contributed by atoms with van der Waals surface area (Å²) in [6, 6.07) is 15.7. The Morgan fingerprint density at radius 2 is 2.05 bits per heavy atom. The van der Waals surface area contributed by atoms with E-state index in [0.717, 1.165) is 29.6 Å². The Kier molecular flexibility index (Phi) is 8.38. The first-order valence-electron chi connectivity index (χ1n) is 12.2. The van der Waals surface area contributed by atoms with E-state index >= 15 is 0 Å². The highest BCUT2D eigenvalue weighted by Crippen LogP contribution is 2.23. The van der Waals surface area contributed by atoms with Crippen LogP contribution in [0.25, 0.3) is 11.0 Å². The van der Waals surface area contributed by atoms with Gasteiger partial charge in [-0.2, -0.15) is 5.26 Å². The summed E-state index contributed by atoms with van der Waals surface area (Å²) < 4.78 is 5.60. The maximum Gasteiger partial charge on any atom is 0.247 e. The van der Waals surface area contributed by atoms with Gasteiger partial charge in [0.05, 0.1) is 12.6 Å². The van der Waals surface area contributed by atoms with Crippen molar-refractivity contribution in [3.63, 3.8) is 0 Å². The first kappa shape index (κ1) is 25.7. The Morgan fingerprint density at radius 3 is 2.84 bits per heavy atom. The fourth-order valence-electron chi connectivity index (χ4n) is 4.29. The smallest absolute Gasteiger partial charge is 0.247 e. The Balaban J connectivity index is 1.40. The van der Waals surface area contributed by atoms with Crippen LogP contribution < -0.4 is 16.0 Å². The molecular formula is C27H30N6O4. The molecule has 4 N–H and O–H groups in total. The molecule has 0 saturated carbocycles. The molecule has 37 heavy (non-hydrogen) atoms. The molecule has 10 nitrogen and oxygen atoms in total. The number of aliphatic hydroxyl groups excluding tert-OH is 1. The maximum absolute atomic E-state index is 13.2. The molecule has 0 radical (unpaired) electrons. The maximum atomic E-state index is 13.2. The van der Waals surface area contributed by atoms with E-state index in [0.29, 0.717) is 24.2 Å². The molecule has 2 aromatic carbocycles. The average Bonchev–Trinajstić information content (AvgIpc) is 3.19. The second-order valence-electron chi connectivity index (χ2n) is 8.95. The number of fused-ring (bicyclic) bond motifs is 1. The number of aryl methyl sites for hydroxylation is 1. The number of guanidine groups is 1. The Morgan fingerprint density at radius 1 is 1.24 bits per heavy atom. The van der Waals surface area contributed by atoms with Crippen molar-refractivity contribution in [1.82, 2.24) is 15.5 Å². The van der Waals surface area contributed by atoms with Crippen LogP contribution in [0.2, 0.25) is 0 Å². The number of carbonyl (C=O) groups excluding carboxylic acids is 2. The van der Waals surface area contributed by atoms with Gasteiger partial charge in [-0.1, -0.05) is 30.3 Å². The zero-order valence-electron chi connectivity index (χ0n) is 20.6. The van der Waals surface area contributed by atoms with E-state index in [2.05, 4.69) is 20.9 Å². The molecule has 1 saturated heterocycles. The van der Waals surface area contributed by atoms with Gasteiger partial charge in [0.2, 0.25) is 17.8 Å². The highest BCUT2D eigenvalue weighted by atomic mass is 16.3. The molecule has 4 rings (SSSR count). The summed E-state index contributed by atoms with van der Waals surface area (Å²) in [5, 5.41) is 28.7. The molecule has 1 aliphatic rings. The number of rotatable bonds is 7. The minimum absolute atomic E-state index is 0.0488. The number of nitrogens with one attached hydrogen (secondary N) is 3. The van der Waals surface area contributed by atoms with Crippen molar-refractivity contribution in [2.75, 3.05) is 25.0 Å². The van der Waals surface area contributed by atoms with Gasteiger partial charge in [0.15, 0.2) is 6.19 Å². The lowest BCUT2D eigenvalue weighted by molar-refractivity contribution is -0.136. The number of nitrogens with zero attached hydrogens (tertiary/aromatic N) is 3. The number of aliphatic imine (C=N–C) groups is 1. The lowest BCUT2D eigenvalue weighted by Gasteiger charge is -2.23. The van der Waals surface area contributed by atoms with Crippen LogP contribution in [-0.2, 0) is 9.59 Å².